The van der Waals surface area contributed by atoms with Crippen LogP contribution in [0.25, 0.3) is 76.2 Å². The first-order valence-corrected chi connectivity index (χ1v) is 26.0. The van der Waals surface area contributed by atoms with Crippen molar-refractivity contribution in [3.8, 4) is 0 Å². The predicted molar refractivity (Wildman–Crippen MR) is 297 cm³/mol. The van der Waals surface area contributed by atoms with Crippen LogP contribution >= 0.6 is 0 Å². The summed E-state index contributed by atoms with van der Waals surface area (Å²) in [5.41, 5.74) is 17.6. The Bertz CT molecular complexity index is 3790. The van der Waals surface area contributed by atoms with Gasteiger partial charge in [0.15, 0.2) is 0 Å². The average molecular weight is 903 g/mol. The van der Waals surface area contributed by atoms with Gasteiger partial charge in [-0.15, -0.1) is 0 Å². The zero-order valence-corrected chi connectivity index (χ0v) is 39.5. The van der Waals surface area contributed by atoms with Gasteiger partial charge < -0.3 is 18.6 Å². The van der Waals surface area contributed by atoms with Gasteiger partial charge in [-0.25, -0.2) is 0 Å². The molecule has 70 heavy (non-hydrogen) atoms. The molecule has 4 nitrogen and oxygen atoms in total. The van der Waals surface area contributed by atoms with E-state index >= 15 is 0 Å². The molecule has 4 heteroatoms. The van der Waals surface area contributed by atoms with Crippen LogP contribution in [0.1, 0.15) is 87.2 Å². The summed E-state index contributed by atoms with van der Waals surface area (Å²) < 4.78 is 5.13. The Labute approximate surface area is 408 Å². The van der Waals surface area contributed by atoms with Gasteiger partial charge in [-0.2, -0.15) is 0 Å². The van der Waals surface area contributed by atoms with E-state index in [1.807, 2.05) is 0 Å². The van der Waals surface area contributed by atoms with E-state index in [9.17, 15) is 0 Å². The van der Waals surface area contributed by atoms with Crippen LogP contribution in [0.4, 0.5) is 34.1 Å². The van der Waals surface area contributed by atoms with Crippen molar-refractivity contribution in [3.63, 3.8) is 0 Å². The van der Waals surface area contributed by atoms with Crippen molar-refractivity contribution in [2.75, 3.05) is 9.80 Å². The van der Waals surface area contributed by atoms with Crippen LogP contribution in [-0.4, -0.2) is 8.80 Å². The number of anilines is 6. The lowest BCUT2D eigenvalue weighted by atomic mass is 9.84. The van der Waals surface area contributed by atoms with Crippen molar-refractivity contribution in [1.82, 2.24) is 8.80 Å². The molecule has 15 rings (SSSR count). The molecule has 2 fully saturated rings. The summed E-state index contributed by atoms with van der Waals surface area (Å²) in [6, 6.07) is 73.7. The predicted octanol–water partition coefficient (Wildman–Crippen LogP) is 19.0. The Morgan fingerprint density at radius 3 is 1.09 bits per heavy atom. The van der Waals surface area contributed by atoms with Gasteiger partial charge in [0.2, 0.25) is 0 Å². The van der Waals surface area contributed by atoms with Gasteiger partial charge in [-0.3, -0.25) is 0 Å². The molecule has 0 saturated heterocycles. The molecule has 13 aromatic rings. The molecule has 2 aliphatic rings. The van der Waals surface area contributed by atoms with Crippen LogP contribution in [0, 0.1) is 0 Å². The van der Waals surface area contributed by atoms with Gasteiger partial charge in [0, 0.05) is 65.8 Å². The lowest BCUT2D eigenvalue weighted by Gasteiger charge is -2.27. The zero-order valence-electron chi connectivity index (χ0n) is 39.5. The van der Waals surface area contributed by atoms with Crippen molar-refractivity contribution < 1.29 is 0 Å². The minimum atomic E-state index is 0.669. The fourth-order valence-corrected chi connectivity index (χ4v) is 13.6. The van der Waals surface area contributed by atoms with Gasteiger partial charge in [-0.05, 0) is 134 Å². The molecule has 0 N–H and O–H groups in total. The highest BCUT2D eigenvalue weighted by Gasteiger charge is 2.27. The molecule has 338 valence electrons. The van der Waals surface area contributed by atoms with Crippen LogP contribution in [0.15, 0.2) is 194 Å². The Kier molecular flexibility index (Phi) is 9.09. The summed E-state index contributed by atoms with van der Waals surface area (Å²) >= 11 is 0. The first-order chi connectivity index (χ1) is 34.8. The molecule has 9 aromatic carbocycles. The van der Waals surface area contributed by atoms with Crippen molar-refractivity contribution in [1.29, 1.82) is 0 Å². The number of aromatic nitrogens is 2. The molecule has 2 saturated carbocycles. The molecule has 2 aliphatic carbocycles. The largest absolute Gasteiger partial charge is 0.310 e. The highest BCUT2D eigenvalue weighted by molar-refractivity contribution is 6.31. The van der Waals surface area contributed by atoms with E-state index in [0.717, 1.165) is 11.4 Å². The number of benzene rings is 9. The van der Waals surface area contributed by atoms with Gasteiger partial charge in [0.05, 0.1) is 44.5 Å². The highest BCUT2D eigenvalue weighted by Crippen LogP contribution is 2.50. The summed E-state index contributed by atoms with van der Waals surface area (Å²) in [5.74, 6) is 1.34. The average Bonchev–Trinajstić information content (AvgIpc) is 4.17. The molecular formula is C66H54N4. The van der Waals surface area contributed by atoms with E-state index in [-0.39, 0.29) is 0 Å². The maximum absolute atomic E-state index is 2.57. The van der Waals surface area contributed by atoms with E-state index in [2.05, 4.69) is 213 Å². The summed E-state index contributed by atoms with van der Waals surface area (Å²) in [5, 5.41) is 10.3. The molecule has 0 amide bonds. The van der Waals surface area contributed by atoms with E-state index < -0.39 is 0 Å². The topological polar surface area (TPSA) is 15.3 Å². The first-order valence-electron chi connectivity index (χ1n) is 26.0. The van der Waals surface area contributed by atoms with Crippen molar-refractivity contribution >= 4 is 110 Å². The minimum Gasteiger partial charge on any atom is -0.310 e. The standard InChI is InChI=1S/C66H54N4/c1-5-17-43(18-6-1)45-33-37-49(38-34-45)67(47-21-9-3-10-22-47)57-29-15-31-59-63(57)53-27-13-25-51-55-42-62-56(41-61(55)69(59)65(51)53)52-26-14-28-54-64-58(30-16-32-60(64)70(62)66(52)54)68(48-23-11-4-12-24-48)50-39-35-46(36-40-50)44-19-7-2-8-20-44/h3-4,9-16,21-44H,1-2,5-8,17-20H2. The summed E-state index contributed by atoms with van der Waals surface area (Å²) in [7, 11) is 0. The van der Waals surface area contributed by atoms with E-state index in [1.54, 1.807) is 0 Å². The molecule has 0 unspecified atom stereocenters. The van der Waals surface area contributed by atoms with Crippen molar-refractivity contribution in [2.24, 2.45) is 0 Å². The smallest absolute Gasteiger partial charge is 0.0621 e. The number of nitrogens with zero attached hydrogens (tertiary/aromatic N) is 4. The van der Waals surface area contributed by atoms with E-state index in [4.69, 9.17) is 0 Å². The van der Waals surface area contributed by atoms with Crippen LogP contribution < -0.4 is 9.80 Å². The highest BCUT2D eigenvalue weighted by atomic mass is 15.2. The molecule has 0 spiro atoms. The van der Waals surface area contributed by atoms with Crippen LogP contribution in [0.5, 0.6) is 0 Å². The summed E-state index contributed by atoms with van der Waals surface area (Å²) in [4.78, 5) is 4.96. The normalized spacial score (nSPS) is 15.3. The minimum absolute atomic E-state index is 0.669. The maximum atomic E-state index is 2.57. The quantitative estimate of drug-likeness (QED) is 0.151. The first kappa shape index (κ1) is 40.1. The van der Waals surface area contributed by atoms with E-state index in [0.29, 0.717) is 11.8 Å². The molecule has 0 radical (unpaired) electrons. The Hall–Kier alpha value is -7.82. The second-order valence-corrected chi connectivity index (χ2v) is 20.5. The monoisotopic (exact) mass is 902 g/mol. The molecule has 0 bridgehead atoms. The Morgan fingerprint density at radius 2 is 0.671 bits per heavy atom. The summed E-state index contributed by atoms with van der Waals surface area (Å²) in [6.45, 7) is 0. The van der Waals surface area contributed by atoms with Crippen LogP contribution in [-0.2, 0) is 0 Å². The third-order valence-electron chi connectivity index (χ3n) is 16.7. The second kappa shape index (κ2) is 15.9. The van der Waals surface area contributed by atoms with Crippen molar-refractivity contribution in [3.05, 3.63) is 205 Å². The number of fused-ring (bicyclic) bond motifs is 12. The Balaban J connectivity index is 0.924. The summed E-state index contributed by atoms with van der Waals surface area (Å²) in [6.07, 6.45) is 13.3. The number of rotatable bonds is 8. The van der Waals surface area contributed by atoms with Gasteiger partial charge in [0.1, 0.15) is 0 Å². The zero-order chi connectivity index (χ0) is 45.9. The van der Waals surface area contributed by atoms with Gasteiger partial charge in [0.25, 0.3) is 0 Å². The number of hydrogen-bond donors (Lipinski definition) is 0. The third-order valence-corrected chi connectivity index (χ3v) is 16.7. The van der Waals surface area contributed by atoms with Gasteiger partial charge >= 0.3 is 0 Å². The molecule has 0 aliphatic heterocycles. The fraction of sp³-hybridized carbons (Fsp3) is 0.182. The molecule has 0 atom stereocenters. The molecule has 4 heterocycles. The molecular weight excluding hydrogens is 849 g/mol. The maximum Gasteiger partial charge on any atom is 0.0621 e. The lowest BCUT2D eigenvalue weighted by Crippen LogP contribution is -2.11. The fourth-order valence-electron chi connectivity index (χ4n) is 13.6. The van der Waals surface area contributed by atoms with Crippen LogP contribution in [0.2, 0.25) is 0 Å². The van der Waals surface area contributed by atoms with Gasteiger partial charge in [-0.1, -0.05) is 148 Å². The van der Waals surface area contributed by atoms with Crippen LogP contribution in [0.3, 0.4) is 0 Å². The second-order valence-electron chi connectivity index (χ2n) is 20.5. The number of para-hydroxylation sites is 4. The Morgan fingerprint density at radius 1 is 0.300 bits per heavy atom. The third kappa shape index (κ3) is 5.95. The number of hydrogen-bond acceptors (Lipinski definition) is 2. The molecule has 4 aromatic heterocycles. The van der Waals surface area contributed by atoms with Crippen molar-refractivity contribution in [2.45, 2.75) is 76.0 Å². The lowest BCUT2D eigenvalue weighted by molar-refractivity contribution is 0.443. The SMILES string of the molecule is c1ccc(N(c2ccc(C3CCCCC3)cc2)c2cccc3c2c2cccc4c5cc6c(cc5n3c42)c2cccc3c4c(N(c5ccccc5)c5ccc(C7CCCCC7)cc5)cccc4n6c23)cc1. The van der Waals surface area contributed by atoms with E-state index in [1.165, 1.54) is 174 Å².